The smallest absolute Gasteiger partial charge is 0.252 e. The van der Waals surface area contributed by atoms with E-state index in [1.807, 2.05) is 0 Å². The van der Waals surface area contributed by atoms with Crippen LogP contribution in [0.2, 0.25) is 0 Å². The summed E-state index contributed by atoms with van der Waals surface area (Å²) < 4.78 is 47.3. The Hall–Kier alpha value is -3.79. The van der Waals surface area contributed by atoms with Gasteiger partial charge in [0.15, 0.2) is 0 Å². The fourth-order valence-electron chi connectivity index (χ4n) is 6.46. The number of sulfonamides is 1. The summed E-state index contributed by atoms with van der Waals surface area (Å²) in [5.74, 6) is 0.992. The molecule has 2 saturated carbocycles. The third-order valence-corrected chi connectivity index (χ3v) is 9.83. The van der Waals surface area contributed by atoms with E-state index in [9.17, 15) is 26.4 Å². The van der Waals surface area contributed by atoms with E-state index in [0.29, 0.717) is 61.2 Å². The van der Waals surface area contributed by atoms with Crippen LogP contribution in [0.15, 0.2) is 46.2 Å². The summed E-state index contributed by atoms with van der Waals surface area (Å²) in [7, 11) is -1.88. The summed E-state index contributed by atoms with van der Waals surface area (Å²) in [4.78, 5) is 41.9. The monoisotopic (exact) mass is 826 g/mol. The molecule has 0 saturated heterocycles. The minimum absolute atomic E-state index is 0.00374. The Morgan fingerprint density at radius 2 is 1.09 bits per heavy atom. The van der Waals surface area contributed by atoms with Crippen LogP contribution in [0, 0.1) is 0 Å². The van der Waals surface area contributed by atoms with Crippen LogP contribution in [-0.4, -0.2) is 106 Å². The van der Waals surface area contributed by atoms with E-state index in [1.165, 1.54) is 18.4 Å². The lowest BCUT2D eigenvalue weighted by molar-refractivity contribution is 0.279. The molecule has 21 heteroatoms. The summed E-state index contributed by atoms with van der Waals surface area (Å²) >= 11 is 0. The maximum atomic E-state index is 12.1. The predicted octanol–water partition coefficient (Wildman–Crippen LogP) is 1.49. The molecule has 0 atom stereocenters. The highest BCUT2D eigenvalue weighted by atomic mass is 35.7. The molecule has 4 heterocycles. The van der Waals surface area contributed by atoms with E-state index < -0.39 is 19.1 Å². The van der Waals surface area contributed by atoms with E-state index in [2.05, 4.69) is 46.0 Å². The van der Waals surface area contributed by atoms with Crippen LogP contribution in [0.3, 0.4) is 0 Å². The number of nitrogens with two attached hydrogens (primary N) is 1. The van der Waals surface area contributed by atoms with Gasteiger partial charge in [0.1, 0.15) is 11.3 Å². The van der Waals surface area contributed by atoms with Crippen molar-refractivity contribution < 1.29 is 27.0 Å². The highest BCUT2D eigenvalue weighted by Gasteiger charge is 2.24. The van der Waals surface area contributed by atoms with Crippen molar-refractivity contribution in [2.24, 2.45) is 5.73 Å². The number of hydrogen-bond donors (Lipinski definition) is 6. The minimum Gasteiger partial charge on any atom is -0.396 e. The third kappa shape index (κ3) is 14.7. The van der Waals surface area contributed by atoms with Gasteiger partial charge in [0.05, 0.1) is 12.5 Å². The predicted molar refractivity (Wildman–Crippen MR) is 213 cm³/mol. The van der Waals surface area contributed by atoms with E-state index in [4.69, 9.17) is 15.9 Å². The molecule has 6 rings (SSSR count). The first kappa shape index (κ1) is 43.9. The Labute approximate surface area is 324 Å². The quantitative estimate of drug-likeness (QED) is 0.111. The lowest BCUT2D eigenvalue weighted by Gasteiger charge is -2.29. The molecule has 2 aliphatic rings. The highest BCUT2D eigenvalue weighted by Crippen LogP contribution is 2.23. The van der Waals surface area contributed by atoms with Gasteiger partial charge in [0.2, 0.25) is 31.0 Å². The zero-order chi connectivity index (χ0) is 40.2. The van der Waals surface area contributed by atoms with Crippen molar-refractivity contribution in [3.63, 3.8) is 0 Å². The van der Waals surface area contributed by atoms with Crippen molar-refractivity contribution in [3.05, 3.63) is 57.4 Å². The number of aryl methyl sites for hydroxylation is 2. The number of halogens is 1. The first-order chi connectivity index (χ1) is 26.0. The van der Waals surface area contributed by atoms with Gasteiger partial charge in [-0.2, -0.15) is 9.97 Å². The summed E-state index contributed by atoms with van der Waals surface area (Å²) in [6.45, 7) is 0.887. The molecule has 0 unspecified atom stereocenters. The average Bonchev–Trinajstić information content (AvgIpc) is 3.12. The van der Waals surface area contributed by atoms with Crippen LogP contribution in [0.25, 0.3) is 22.1 Å². The van der Waals surface area contributed by atoms with Gasteiger partial charge < -0.3 is 26.6 Å². The van der Waals surface area contributed by atoms with E-state index >= 15 is 0 Å². The first-order valence-electron chi connectivity index (χ1n) is 18.1. The Morgan fingerprint density at radius 1 is 0.709 bits per heavy atom. The molecule has 2 aliphatic carbocycles. The number of aliphatic hydroxyl groups is 2. The van der Waals surface area contributed by atoms with Crippen molar-refractivity contribution >= 4 is 63.7 Å². The Morgan fingerprint density at radius 3 is 1.47 bits per heavy atom. The molecule has 0 bridgehead atoms. The van der Waals surface area contributed by atoms with Gasteiger partial charge in [-0.3, -0.25) is 18.7 Å². The van der Waals surface area contributed by atoms with Crippen LogP contribution in [0.4, 0.5) is 11.9 Å². The van der Waals surface area contributed by atoms with Crippen LogP contribution < -0.4 is 32.2 Å². The van der Waals surface area contributed by atoms with E-state index in [-0.39, 0.29) is 36.4 Å². The van der Waals surface area contributed by atoms with Gasteiger partial charge in [-0.1, -0.05) is 0 Å². The largest absolute Gasteiger partial charge is 0.396 e. The van der Waals surface area contributed by atoms with Crippen molar-refractivity contribution in [2.45, 2.75) is 101 Å². The number of aromatic nitrogens is 6. The summed E-state index contributed by atoms with van der Waals surface area (Å²) in [5, 5.41) is 26.3. The molecule has 0 amide bonds. The van der Waals surface area contributed by atoms with Crippen molar-refractivity contribution in [2.75, 3.05) is 36.4 Å². The zero-order valence-corrected chi connectivity index (χ0v) is 33.4. The summed E-state index contributed by atoms with van der Waals surface area (Å²) in [6.07, 6.45) is 13.6. The molecule has 0 aliphatic heterocycles. The van der Waals surface area contributed by atoms with Crippen molar-refractivity contribution in [3.8, 4) is 0 Å². The molecule has 4 aromatic heterocycles. The maximum Gasteiger partial charge on any atom is 0.252 e. The minimum atomic E-state index is -3.19. The number of anilines is 2. The van der Waals surface area contributed by atoms with Gasteiger partial charge in [-0.15, -0.1) is 0 Å². The fourth-order valence-corrected chi connectivity index (χ4v) is 7.30. The van der Waals surface area contributed by atoms with Crippen LogP contribution in [0.1, 0.15) is 64.2 Å². The molecular formula is C34H51ClN10O8S2. The number of aliphatic hydroxyl groups excluding tert-OH is 2. The number of rotatable bonds is 12. The maximum absolute atomic E-state index is 12.1. The second-order valence-electron chi connectivity index (χ2n) is 13.8. The van der Waals surface area contributed by atoms with Gasteiger partial charge in [-0.05, 0) is 76.3 Å². The molecule has 0 aromatic carbocycles. The van der Waals surface area contributed by atoms with Gasteiger partial charge >= 0.3 is 0 Å². The van der Waals surface area contributed by atoms with Crippen molar-refractivity contribution in [1.82, 2.24) is 33.8 Å². The Balaban J connectivity index is 0.000000220. The van der Waals surface area contributed by atoms with Crippen LogP contribution >= 0.6 is 10.7 Å². The van der Waals surface area contributed by atoms with Crippen molar-refractivity contribution in [1.29, 1.82) is 0 Å². The molecule has 18 nitrogen and oxygen atoms in total. The van der Waals surface area contributed by atoms with Gasteiger partial charge in [0.25, 0.3) is 11.1 Å². The van der Waals surface area contributed by atoms with Gasteiger partial charge in [0, 0.05) is 96.5 Å². The lowest BCUT2D eigenvalue weighted by Crippen LogP contribution is -2.39. The molecule has 55 heavy (non-hydrogen) atoms. The zero-order valence-electron chi connectivity index (χ0n) is 31.0. The third-order valence-electron chi connectivity index (χ3n) is 9.07. The van der Waals surface area contributed by atoms with Crippen LogP contribution in [-0.2, 0) is 32.2 Å². The average molecular weight is 827 g/mol. The van der Waals surface area contributed by atoms with E-state index in [1.54, 1.807) is 33.7 Å². The molecular weight excluding hydrogens is 776 g/mol. The first-order valence-corrected chi connectivity index (χ1v) is 22.7. The number of hydrogen-bond acceptors (Lipinski definition) is 15. The highest BCUT2D eigenvalue weighted by molar-refractivity contribution is 8.13. The molecule has 0 radical (unpaired) electrons. The standard InChI is InChI=1S/C17H25N5O4S.C16H23N5O2.CH3ClO2S/c1-27(25,26)21-14-6-4-13(5-7-14)19-17-18-11-12-3-8-15(24)22(9-2-10-23)16(12)20-17;17-12-3-5-13(6-4-12)19-16-18-10-11-2-7-14(23)21(8-1-9-22)15(11)20-16;1-5(2,3)4/h3,8,11,13-14,21,23H,2,4-7,9-10H2,1H3,(H,18,19,20);2,7,10,12-13,22H,1,3-6,8-9,17H2,(H,18,19,20);1H3. The second-order valence-corrected chi connectivity index (χ2v) is 18.6. The Bertz CT molecular complexity index is 2200. The summed E-state index contributed by atoms with van der Waals surface area (Å²) in [6, 6.07) is 7.17. The van der Waals surface area contributed by atoms with Gasteiger partial charge in [-0.25, -0.2) is 31.5 Å². The number of pyridine rings is 2. The lowest BCUT2D eigenvalue weighted by atomic mass is 9.92. The molecule has 304 valence electrons. The Kier molecular flexibility index (Phi) is 16.3. The molecule has 7 N–H and O–H groups in total. The fraction of sp³-hybridized carbons (Fsp3) is 0.588. The number of nitrogens with one attached hydrogen (secondary N) is 3. The van der Waals surface area contributed by atoms with E-state index in [0.717, 1.165) is 68.4 Å². The topological polar surface area (TPSA) is 266 Å². The SMILES string of the molecule is CS(=O)(=O)Cl.CS(=O)(=O)NC1CCC(Nc2ncc3ccc(=O)n(CCCO)c3n2)CC1.NC1CCC(Nc2ncc3ccc(=O)n(CCCO)c3n2)CC1. The summed E-state index contributed by atoms with van der Waals surface area (Å²) in [5.41, 5.74) is 6.81. The normalized spacial score (nSPS) is 20.2. The number of fused-ring (bicyclic) bond motifs is 2. The number of nitrogens with zero attached hydrogens (tertiary/aromatic N) is 6. The molecule has 4 aromatic rings. The molecule has 2 fully saturated rings. The van der Waals surface area contributed by atoms with Crippen LogP contribution in [0.5, 0.6) is 0 Å². The molecule has 0 spiro atoms. The second kappa shape index (κ2) is 20.4.